The number of methoxy groups -OCH3 is 1. The Morgan fingerprint density at radius 1 is 1.25 bits per heavy atom. The second kappa shape index (κ2) is 9.52. The van der Waals surface area contributed by atoms with Crippen LogP contribution in [0.1, 0.15) is 18.1 Å². The molecule has 0 atom stereocenters. The number of nitrogens with two attached hydrogens (primary N) is 1. The van der Waals surface area contributed by atoms with E-state index in [2.05, 4.69) is 34.3 Å². The Balaban J connectivity index is 1.99. The van der Waals surface area contributed by atoms with Crippen molar-refractivity contribution in [3.63, 3.8) is 0 Å². The summed E-state index contributed by atoms with van der Waals surface area (Å²) in [7, 11) is 1.63. The normalized spacial score (nSPS) is 11.3. The Labute approximate surface area is 142 Å². The quantitative estimate of drug-likeness (QED) is 0.442. The number of ether oxygens (including phenoxy) is 2. The third-order valence-corrected chi connectivity index (χ3v) is 3.40. The van der Waals surface area contributed by atoms with Crippen LogP contribution in [0.4, 0.5) is 5.69 Å². The van der Waals surface area contributed by atoms with Crippen molar-refractivity contribution in [2.75, 3.05) is 25.6 Å². The van der Waals surface area contributed by atoms with Crippen molar-refractivity contribution in [1.82, 2.24) is 4.98 Å². The van der Waals surface area contributed by atoms with Gasteiger partial charge in [-0.2, -0.15) is 0 Å². The van der Waals surface area contributed by atoms with Gasteiger partial charge in [0.25, 0.3) is 0 Å². The highest BCUT2D eigenvalue weighted by atomic mass is 16.5. The van der Waals surface area contributed by atoms with E-state index in [1.165, 1.54) is 5.56 Å². The van der Waals surface area contributed by atoms with Gasteiger partial charge in [-0.1, -0.05) is 25.1 Å². The number of aliphatic imine (C=N–C) groups is 1. The number of benzene rings is 1. The highest BCUT2D eigenvalue weighted by Gasteiger charge is 2.04. The van der Waals surface area contributed by atoms with Gasteiger partial charge in [0.1, 0.15) is 6.61 Å². The van der Waals surface area contributed by atoms with Gasteiger partial charge in [-0.3, -0.25) is 0 Å². The Bertz CT molecular complexity index is 674. The molecule has 1 heterocycles. The van der Waals surface area contributed by atoms with Gasteiger partial charge < -0.3 is 20.5 Å². The van der Waals surface area contributed by atoms with Crippen LogP contribution in [0.5, 0.6) is 5.88 Å². The zero-order valence-corrected chi connectivity index (χ0v) is 14.2. The van der Waals surface area contributed by atoms with Gasteiger partial charge in [-0.05, 0) is 30.2 Å². The SMILES string of the molecule is CCc1cccc(NC(N)=NCc2cccnc2OCCOC)c1. The number of aryl methyl sites for hydroxylation is 1. The van der Waals surface area contributed by atoms with Crippen molar-refractivity contribution in [2.45, 2.75) is 19.9 Å². The van der Waals surface area contributed by atoms with Gasteiger partial charge in [0.05, 0.1) is 13.2 Å². The van der Waals surface area contributed by atoms with Crippen LogP contribution in [0.2, 0.25) is 0 Å². The molecule has 24 heavy (non-hydrogen) atoms. The third kappa shape index (κ3) is 5.55. The van der Waals surface area contributed by atoms with Gasteiger partial charge in [-0.25, -0.2) is 9.98 Å². The summed E-state index contributed by atoms with van der Waals surface area (Å²) >= 11 is 0. The summed E-state index contributed by atoms with van der Waals surface area (Å²) < 4.78 is 10.6. The van der Waals surface area contributed by atoms with E-state index in [0.29, 0.717) is 31.6 Å². The Kier molecular flexibility index (Phi) is 7.04. The predicted molar refractivity (Wildman–Crippen MR) is 96.4 cm³/mol. The summed E-state index contributed by atoms with van der Waals surface area (Å²) in [5.41, 5.74) is 9.02. The first-order valence-corrected chi connectivity index (χ1v) is 7.94. The molecular weight excluding hydrogens is 304 g/mol. The Morgan fingerprint density at radius 2 is 2.12 bits per heavy atom. The Morgan fingerprint density at radius 3 is 2.92 bits per heavy atom. The fourth-order valence-electron chi connectivity index (χ4n) is 2.12. The number of aromatic nitrogens is 1. The minimum Gasteiger partial charge on any atom is -0.475 e. The fraction of sp³-hybridized carbons (Fsp3) is 0.333. The summed E-state index contributed by atoms with van der Waals surface area (Å²) in [6.45, 7) is 3.46. The molecule has 0 saturated heterocycles. The van der Waals surface area contributed by atoms with E-state index in [1.807, 2.05) is 24.3 Å². The zero-order valence-electron chi connectivity index (χ0n) is 14.2. The number of nitrogens with one attached hydrogen (secondary N) is 1. The second-order valence-electron chi connectivity index (χ2n) is 5.19. The molecule has 0 spiro atoms. The highest BCUT2D eigenvalue weighted by Crippen LogP contribution is 2.15. The van der Waals surface area contributed by atoms with Crippen LogP contribution in [0.15, 0.2) is 47.6 Å². The first-order chi connectivity index (χ1) is 11.7. The lowest BCUT2D eigenvalue weighted by atomic mass is 10.1. The lowest BCUT2D eigenvalue weighted by Gasteiger charge is -2.09. The number of guanidine groups is 1. The van der Waals surface area contributed by atoms with E-state index >= 15 is 0 Å². The maximum absolute atomic E-state index is 5.97. The molecule has 0 bridgehead atoms. The molecule has 0 aliphatic heterocycles. The van der Waals surface area contributed by atoms with Crippen molar-refractivity contribution in [3.05, 3.63) is 53.7 Å². The predicted octanol–water partition coefficient (Wildman–Crippen LogP) is 2.60. The van der Waals surface area contributed by atoms with Crippen molar-refractivity contribution in [2.24, 2.45) is 10.7 Å². The van der Waals surface area contributed by atoms with Gasteiger partial charge >= 0.3 is 0 Å². The molecule has 0 amide bonds. The molecule has 0 fully saturated rings. The molecule has 2 rings (SSSR count). The van der Waals surface area contributed by atoms with Crippen LogP contribution < -0.4 is 15.8 Å². The zero-order chi connectivity index (χ0) is 17.2. The van der Waals surface area contributed by atoms with Crippen LogP contribution in [0.3, 0.4) is 0 Å². The first kappa shape index (κ1) is 17.7. The van der Waals surface area contributed by atoms with Crippen molar-refractivity contribution >= 4 is 11.6 Å². The van der Waals surface area contributed by atoms with Crippen LogP contribution in [-0.2, 0) is 17.7 Å². The number of hydrogen-bond acceptors (Lipinski definition) is 4. The van der Waals surface area contributed by atoms with Gasteiger partial charge in [0.2, 0.25) is 5.88 Å². The molecule has 1 aromatic heterocycles. The first-order valence-electron chi connectivity index (χ1n) is 7.94. The van der Waals surface area contributed by atoms with Gasteiger partial charge in [0.15, 0.2) is 5.96 Å². The molecule has 6 nitrogen and oxygen atoms in total. The molecule has 2 aromatic rings. The van der Waals surface area contributed by atoms with Gasteiger partial charge in [0, 0.05) is 24.6 Å². The number of hydrogen-bond donors (Lipinski definition) is 2. The van der Waals surface area contributed by atoms with E-state index in [-0.39, 0.29) is 0 Å². The van der Waals surface area contributed by atoms with Crippen LogP contribution in [-0.4, -0.2) is 31.3 Å². The van der Waals surface area contributed by atoms with Crippen LogP contribution >= 0.6 is 0 Å². The molecule has 1 aromatic carbocycles. The average molecular weight is 328 g/mol. The van der Waals surface area contributed by atoms with E-state index in [4.69, 9.17) is 15.2 Å². The lowest BCUT2D eigenvalue weighted by molar-refractivity contribution is 0.143. The van der Waals surface area contributed by atoms with E-state index < -0.39 is 0 Å². The highest BCUT2D eigenvalue weighted by molar-refractivity contribution is 5.92. The number of nitrogens with zero attached hydrogens (tertiary/aromatic N) is 2. The Hall–Kier alpha value is -2.60. The van der Waals surface area contributed by atoms with Crippen LogP contribution in [0, 0.1) is 0 Å². The van der Waals surface area contributed by atoms with Crippen molar-refractivity contribution < 1.29 is 9.47 Å². The van der Waals surface area contributed by atoms with Crippen LogP contribution in [0.25, 0.3) is 0 Å². The maximum Gasteiger partial charge on any atom is 0.218 e. The van der Waals surface area contributed by atoms with Crippen molar-refractivity contribution in [3.8, 4) is 5.88 Å². The molecule has 6 heteroatoms. The second-order valence-corrected chi connectivity index (χ2v) is 5.19. The molecule has 0 saturated carbocycles. The number of rotatable bonds is 8. The molecule has 0 aliphatic rings. The molecule has 0 aliphatic carbocycles. The topological polar surface area (TPSA) is 81.8 Å². The van der Waals surface area contributed by atoms with Crippen molar-refractivity contribution in [1.29, 1.82) is 0 Å². The number of anilines is 1. The molecule has 0 radical (unpaired) electrons. The summed E-state index contributed by atoms with van der Waals surface area (Å²) in [6.07, 6.45) is 2.66. The molecule has 0 unspecified atom stereocenters. The summed E-state index contributed by atoms with van der Waals surface area (Å²) in [5.74, 6) is 0.911. The largest absolute Gasteiger partial charge is 0.475 e. The smallest absolute Gasteiger partial charge is 0.218 e. The van der Waals surface area contributed by atoms with Gasteiger partial charge in [-0.15, -0.1) is 0 Å². The standard InChI is InChI=1S/C18H24N4O2/c1-3-14-6-4-8-16(12-14)22-18(19)21-13-15-7-5-9-20-17(15)24-11-10-23-2/h4-9,12H,3,10-11,13H2,1-2H3,(H3,19,21,22). The van der Waals surface area contributed by atoms with E-state index in [1.54, 1.807) is 13.3 Å². The third-order valence-electron chi connectivity index (χ3n) is 3.40. The molecule has 128 valence electrons. The monoisotopic (exact) mass is 328 g/mol. The minimum atomic E-state index is 0.356. The number of pyridine rings is 1. The lowest BCUT2D eigenvalue weighted by Crippen LogP contribution is -2.22. The molecule has 3 N–H and O–H groups in total. The summed E-state index contributed by atoms with van der Waals surface area (Å²) in [6, 6.07) is 11.9. The summed E-state index contributed by atoms with van der Waals surface area (Å²) in [5, 5.41) is 3.11. The molecular formula is C18H24N4O2. The van der Waals surface area contributed by atoms with E-state index in [0.717, 1.165) is 17.7 Å². The van der Waals surface area contributed by atoms with E-state index in [9.17, 15) is 0 Å². The maximum atomic E-state index is 5.97. The average Bonchev–Trinajstić information content (AvgIpc) is 2.61. The minimum absolute atomic E-state index is 0.356. The summed E-state index contributed by atoms with van der Waals surface area (Å²) in [4.78, 5) is 8.59. The fourth-order valence-corrected chi connectivity index (χ4v) is 2.12.